The van der Waals surface area contributed by atoms with Crippen LogP contribution in [0.3, 0.4) is 0 Å². The van der Waals surface area contributed by atoms with E-state index in [1.54, 1.807) is 44.5 Å². The highest BCUT2D eigenvalue weighted by molar-refractivity contribution is 14.1. The summed E-state index contributed by atoms with van der Waals surface area (Å²) in [5.41, 5.74) is 0.180. The van der Waals surface area contributed by atoms with Gasteiger partial charge in [0.1, 0.15) is 33.5 Å². The Balaban J connectivity index is 0.000000193. The molecule has 0 radical (unpaired) electrons. The number of carboxylic acids is 2. The molecule has 1 aliphatic heterocycles. The third kappa shape index (κ3) is 14.3. The van der Waals surface area contributed by atoms with Crippen LogP contribution in [0.5, 0.6) is 11.8 Å². The second-order valence-corrected chi connectivity index (χ2v) is 18.8. The molecule has 2 amide bonds. The predicted octanol–water partition coefficient (Wildman–Crippen LogP) is 6.15. The van der Waals surface area contributed by atoms with E-state index >= 15 is 0 Å². The molecule has 0 saturated carbocycles. The van der Waals surface area contributed by atoms with E-state index in [0.29, 0.717) is 42.6 Å². The molecule has 0 spiro atoms. The highest BCUT2D eigenvalue weighted by Crippen LogP contribution is 2.33. The van der Waals surface area contributed by atoms with E-state index in [0.717, 1.165) is 59.5 Å². The number of rotatable bonds is 12. The zero-order valence-electron chi connectivity index (χ0n) is 34.9. The van der Waals surface area contributed by atoms with Gasteiger partial charge in [0.15, 0.2) is 6.61 Å². The molecule has 21 nitrogen and oxygen atoms in total. The van der Waals surface area contributed by atoms with Gasteiger partial charge in [-0.2, -0.15) is 15.0 Å². The molecule has 7 rings (SSSR count). The maximum atomic E-state index is 14.3. The van der Waals surface area contributed by atoms with Crippen molar-refractivity contribution < 1.29 is 56.4 Å². The van der Waals surface area contributed by atoms with Crippen LogP contribution in [-0.2, 0) is 37.4 Å². The number of pyridine rings is 1. The van der Waals surface area contributed by atoms with Crippen LogP contribution in [0.25, 0.3) is 10.9 Å². The molecule has 1 aliphatic rings. The molecule has 0 unspecified atom stereocenters. The second kappa shape index (κ2) is 23.7. The number of halogens is 4. The first kappa shape index (κ1) is 52.0. The van der Waals surface area contributed by atoms with Gasteiger partial charge in [-0.1, -0.05) is 23.2 Å². The summed E-state index contributed by atoms with van der Waals surface area (Å²) < 4.78 is 59.2. The molecular formula is C39H35Cl2FIN9O12S3. The van der Waals surface area contributed by atoms with Gasteiger partial charge in [0.05, 0.1) is 35.6 Å². The van der Waals surface area contributed by atoms with Crippen molar-refractivity contribution in [1.29, 1.82) is 0 Å². The molecule has 6 aromatic rings. The van der Waals surface area contributed by atoms with Crippen LogP contribution in [0.1, 0.15) is 29.0 Å². The van der Waals surface area contributed by atoms with Gasteiger partial charge in [-0.15, -0.1) is 11.8 Å². The number of aromatic carboxylic acids is 1. The van der Waals surface area contributed by atoms with E-state index in [4.69, 9.17) is 42.9 Å². The summed E-state index contributed by atoms with van der Waals surface area (Å²) >= 11 is 16.0. The van der Waals surface area contributed by atoms with Crippen LogP contribution in [0.2, 0.25) is 10.0 Å². The van der Waals surface area contributed by atoms with E-state index in [1.807, 2.05) is 22.6 Å². The molecule has 0 saturated heterocycles. The number of hydrogen-bond donors (Lipinski definition) is 4. The predicted molar refractivity (Wildman–Crippen MR) is 252 cm³/mol. The summed E-state index contributed by atoms with van der Waals surface area (Å²) in [5.74, 6) is -2.97. The van der Waals surface area contributed by atoms with Crippen molar-refractivity contribution in [2.24, 2.45) is 4.99 Å². The number of nitrogens with one attached hydrogen (secondary N) is 2. The molecule has 3 aromatic carbocycles. The summed E-state index contributed by atoms with van der Waals surface area (Å²) in [6, 6.07) is 11.9. The van der Waals surface area contributed by atoms with Crippen LogP contribution >= 0.6 is 68.9 Å². The Kier molecular flexibility index (Phi) is 18.4. The van der Waals surface area contributed by atoms with Crippen molar-refractivity contribution in [3.8, 4) is 11.8 Å². The Morgan fingerprint density at radius 1 is 1.00 bits per heavy atom. The monoisotopic (exact) mass is 1130 g/mol. The number of sulfonamides is 1. The van der Waals surface area contributed by atoms with Crippen molar-refractivity contribution in [2.45, 2.75) is 42.6 Å². The fourth-order valence-corrected chi connectivity index (χ4v) is 9.64. The van der Waals surface area contributed by atoms with Gasteiger partial charge < -0.3 is 24.4 Å². The molecule has 3 aromatic heterocycles. The van der Waals surface area contributed by atoms with Gasteiger partial charge >= 0.3 is 34.8 Å². The number of amides is 2. The van der Waals surface area contributed by atoms with Crippen LogP contribution in [0.4, 0.5) is 20.8 Å². The molecule has 354 valence electrons. The fourth-order valence-electron chi connectivity index (χ4n) is 5.60. The zero-order chi connectivity index (χ0) is 49.0. The number of benzene rings is 3. The van der Waals surface area contributed by atoms with E-state index in [9.17, 15) is 36.8 Å². The van der Waals surface area contributed by atoms with Crippen molar-refractivity contribution >= 4 is 125 Å². The molecule has 0 fully saturated rings. The SMILES string of the molecule is COC(=O)CSc1cc(N=c2sc(=O)n3n2CCCC3)c(F)cc1Cl.COc1nc(C)nc(NC(=O)NS(=O)(=O)c2cc(I)ccc2C(=O)O)n1.O=C(O)COc1ccc(Cl)c2cccnc12. The average molecular weight is 1130 g/mol. The largest absolute Gasteiger partial charge is 0.480 e. The minimum Gasteiger partial charge on any atom is -0.480 e. The lowest BCUT2D eigenvalue weighted by Crippen LogP contribution is -2.35. The lowest BCUT2D eigenvalue weighted by atomic mass is 10.2. The Hall–Kier alpha value is -5.94. The van der Waals surface area contributed by atoms with Gasteiger partial charge in [-0.3, -0.25) is 24.6 Å². The lowest BCUT2D eigenvalue weighted by Gasteiger charge is -2.15. The number of thioether (sulfide) groups is 1. The van der Waals surface area contributed by atoms with E-state index in [-0.39, 0.29) is 39.1 Å². The normalized spacial score (nSPS) is 12.1. The smallest absolute Gasteiger partial charge is 0.341 e. The van der Waals surface area contributed by atoms with Gasteiger partial charge in [-0.05, 0) is 108 Å². The lowest BCUT2D eigenvalue weighted by molar-refractivity contribution is -0.139. The molecular weight excluding hydrogens is 1100 g/mol. The number of nitrogens with zero attached hydrogens (tertiary/aromatic N) is 7. The van der Waals surface area contributed by atoms with Crippen molar-refractivity contribution in [3.05, 3.63) is 106 Å². The van der Waals surface area contributed by atoms with Crippen LogP contribution in [-0.4, -0.2) is 98.4 Å². The number of anilines is 1. The maximum Gasteiger partial charge on any atom is 0.341 e. The van der Waals surface area contributed by atoms with Crippen LogP contribution < -0.4 is 29.2 Å². The molecule has 0 aliphatic carbocycles. The third-order valence-electron chi connectivity index (χ3n) is 8.54. The number of fused-ring (bicyclic) bond motifs is 2. The number of aromatic nitrogens is 6. The summed E-state index contributed by atoms with van der Waals surface area (Å²) in [6.45, 7) is 2.45. The molecule has 28 heteroatoms. The Morgan fingerprint density at radius 3 is 2.42 bits per heavy atom. The number of carbonyl (C=O) groups is 4. The Morgan fingerprint density at radius 2 is 1.73 bits per heavy atom. The number of carbonyl (C=O) groups excluding carboxylic acids is 2. The number of aliphatic carboxylic acids is 1. The minimum absolute atomic E-state index is 0.0605. The third-order valence-corrected chi connectivity index (χ3v) is 13.2. The van der Waals surface area contributed by atoms with Crippen molar-refractivity contribution in [3.63, 3.8) is 0 Å². The van der Waals surface area contributed by atoms with E-state index in [1.165, 1.54) is 33.3 Å². The fraction of sp³-hybridized carbons (Fsp3) is 0.231. The van der Waals surface area contributed by atoms with Gasteiger partial charge in [-0.25, -0.2) is 41.6 Å². The summed E-state index contributed by atoms with van der Waals surface area (Å²) in [4.78, 5) is 77.1. The van der Waals surface area contributed by atoms with Crippen molar-refractivity contribution in [2.75, 3.05) is 31.9 Å². The second-order valence-electron chi connectivity index (χ2n) is 13.1. The van der Waals surface area contributed by atoms with E-state index < -0.39 is 56.8 Å². The summed E-state index contributed by atoms with van der Waals surface area (Å²) in [5, 5.41) is 21.3. The number of esters is 1. The first-order valence-electron chi connectivity index (χ1n) is 18.9. The quantitative estimate of drug-likeness (QED) is 0.0607. The van der Waals surface area contributed by atoms with Gasteiger partial charge in [0, 0.05) is 33.1 Å². The van der Waals surface area contributed by atoms with E-state index in [2.05, 4.69) is 35.0 Å². The number of urea groups is 1. The molecule has 0 bridgehead atoms. The van der Waals surface area contributed by atoms with Crippen LogP contribution in [0, 0.1) is 16.3 Å². The highest BCUT2D eigenvalue weighted by Gasteiger charge is 2.25. The Bertz CT molecular complexity index is 3100. The van der Waals surface area contributed by atoms with Crippen LogP contribution in [0.15, 0.2) is 80.4 Å². The molecule has 4 heterocycles. The maximum absolute atomic E-state index is 14.3. The number of methoxy groups -OCH3 is 2. The minimum atomic E-state index is -4.45. The van der Waals surface area contributed by atoms with Crippen molar-refractivity contribution in [1.82, 2.24) is 34.0 Å². The summed E-state index contributed by atoms with van der Waals surface area (Å²) in [6.07, 6.45) is 3.50. The summed E-state index contributed by atoms with van der Waals surface area (Å²) in [7, 11) is -1.84. The first-order valence-corrected chi connectivity index (χ1v) is 24.0. The highest BCUT2D eigenvalue weighted by atomic mass is 127. The standard InChI is InChI=1S/C15H15ClFN3O3S2.C13H12IN5O6S.C11H8ClNO3/c1-23-13(21)8-24-12-7-11(10(17)6-9(12)16)18-14-19-4-2-3-5-20(19)15(22)25-14;1-6-15-11(18-13(16-6)25-2)17-12(22)19-26(23,24)9-5-7(14)3-4-8(9)10(20)21;12-8-3-4-9(16-6-10(14)15)11-7(8)2-1-5-13-11/h6-7H,2-5,8H2,1H3;3-5H,1-2H3,(H,20,21)(H2,15,16,17,18,19,22);1-5H,6H2,(H,14,15). The first-order chi connectivity index (χ1) is 31.8. The number of carboxylic acid groups (broad SMARTS) is 2. The Labute approximate surface area is 410 Å². The number of aryl methyl sites for hydroxylation is 1. The zero-order valence-corrected chi connectivity index (χ0v) is 41.0. The topological polar surface area (TPSA) is 285 Å². The number of ether oxygens (including phenoxy) is 3. The van der Waals surface area contributed by atoms with Gasteiger partial charge in [0.2, 0.25) is 10.7 Å². The average Bonchev–Trinajstić information content (AvgIpc) is 3.60. The molecule has 4 N–H and O–H groups in total. The molecule has 0 atom stereocenters. The number of hydrogen-bond acceptors (Lipinski definition) is 17. The molecule has 67 heavy (non-hydrogen) atoms. The van der Waals surface area contributed by atoms with Gasteiger partial charge in [0.25, 0.3) is 10.0 Å².